The zero-order valence-electron chi connectivity index (χ0n) is 13.2. The highest BCUT2D eigenvalue weighted by atomic mass is 32.2. The summed E-state index contributed by atoms with van der Waals surface area (Å²) in [5, 5.41) is 1.95. The number of sulfonamides is 1. The maximum Gasteiger partial charge on any atom is 0.229 e. The van der Waals surface area contributed by atoms with Gasteiger partial charge in [-0.2, -0.15) is 0 Å². The number of hydrogen-bond donors (Lipinski definition) is 2. The summed E-state index contributed by atoms with van der Waals surface area (Å²) in [6.45, 7) is 0.864. The molecule has 3 rings (SSSR count). The Morgan fingerprint density at radius 2 is 2.00 bits per heavy atom. The minimum absolute atomic E-state index is 0.553. The van der Waals surface area contributed by atoms with Crippen molar-refractivity contribution in [3.63, 3.8) is 0 Å². The van der Waals surface area contributed by atoms with Gasteiger partial charge in [0, 0.05) is 12.7 Å². The summed E-state index contributed by atoms with van der Waals surface area (Å²) >= 11 is 0. The Kier molecular flexibility index (Phi) is 4.21. The van der Waals surface area contributed by atoms with E-state index >= 15 is 0 Å². The topological polar surface area (TPSA) is 70.7 Å². The van der Waals surface area contributed by atoms with Gasteiger partial charge in [0.2, 0.25) is 10.0 Å². The molecule has 1 aromatic rings. The third kappa shape index (κ3) is 4.41. The first-order chi connectivity index (χ1) is 10.9. The highest BCUT2D eigenvalue weighted by Crippen LogP contribution is 2.31. The molecule has 0 atom stereocenters. The molecular weight excluding hydrogens is 314 g/mol. The normalized spacial score (nSPS) is 17.9. The average Bonchev–Trinajstić information content (AvgIpc) is 3.29. The van der Waals surface area contributed by atoms with Gasteiger partial charge in [0.05, 0.1) is 24.8 Å². The predicted octanol–water partition coefficient (Wildman–Crippen LogP) is 1.66. The van der Waals surface area contributed by atoms with E-state index in [9.17, 15) is 8.42 Å². The Bertz CT molecular complexity index is 734. The molecule has 0 amide bonds. The van der Waals surface area contributed by atoms with Crippen LogP contribution in [0.2, 0.25) is 0 Å². The van der Waals surface area contributed by atoms with Crippen LogP contribution < -0.4 is 14.9 Å². The summed E-state index contributed by atoms with van der Waals surface area (Å²) < 4.78 is 30.8. The molecule has 1 aliphatic carbocycles. The van der Waals surface area contributed by atoms with E-state index in [1.807, 2.05) is 29.3 Å². The van der Waals surface area contributed by atoms with Crippen molar-refractivity contribution in [2.75, 3.05) is 19.9 Å². The van der Waals surface area contributed by atoms with Crippen molar-refractivity contribution in [3.05, 3.63) is 47.8 Å². The molecule has 2 aliphatic rings. The maximum absolute atomic E-state index is 11.5. The summed E-state index contributed by atoms with van der Waals surface area (Å²) in [5.41, 5.74) is 5.70. The second-order valence-corrected chi connectivity index (χ2v) is 7.70. The molecule has 124 valence electrons. The van der Waals surface area contributed by atoms with Crippen LogP contribution in [0.25, 0.3) is 5.70 Å². The number of nitrogens with zero attached hydrogens (tertiary/aromatic N) is 1. The molecule has 1 aliphatic heterocycles. The first kappa shape index (κ1) is 15.7. The smallest absolute Gasteiger partial charge is 0.229 e. The third-order valence-corrected chi connectivity index (χ3v) is 4.32. The Morgan fingerprint density at radius 3 is 2.57 bits per heavy atom. The molecule has 1 saturated carbocycles. The number of methoxy groups -OCH3 is 1. The van der Waals surface area contributed by atoms with Crippen LogP contribution in [-0.2, 0) is 10.0 Å². The third-order valence-electron chi connectivity index (χ3n) is 3.71. The number of hydrogen-bond acceptors (Lipinski definition) is 5. The molecule has 6 nitrogen and oxygen atoms in total. The number of allylic oxidation sites excluding steroid dienone is 1. The van der Waals surface area contributed by atoms with Gasteiger partial charge < -0.3 is 4.74 Å². The second-order valence-electron chi connectivity index (χ2n) is 5.95. The highest BCUT2D eigenvalue weighted by Gasteiger charge is 2.25. The van der Waals surface area contributed by atoms with E-state index in [2.05, 4.69) is 10.1 Å². The Morgan fingerprint density at radius 1 is 1.30 bits per heavy atom. The second kappa shape index (κ2) is 6.16. The fourth-order valence-corrected chi connectivity index (χ4v) is 2.99. The van der Waals surface area contributed by atoms with Crippen molar-refractivity contribution in [1.82, 2.24) is 15.2 Å². The summed E-state index contributed by atoms with van der Waals surface area (Å²) in [7, 11) is -1.69. The lowest BCUT2D eigenvalue weighted by Gasteiger charge is -2.29. The van der Waals surface area contributed by atoms with Crippen LogP contribution >= 0.6 is 0 Å². The molecule has 7 heteroatoms. The van der Waals surface area contributed by atoms with Gasteiger partial charge in [0.25, 0.3) is 0 Å². The maximum atomic E-state index is 11.5. The average molecular weight is 335 g/mol. The van der Waals surface area contributed by atoms with Crippen LogP contribution in [0.4, 0.5) is 0 Å². The van der Waals surface area contributed by atoms with Gasteiger partial charge >= 0.3 is 0 Å². The first-order valence-corrected chi connectivity index (χ1v) is 9.41. The minimum atomic E-state index is -3.31. The van der Waals surface area contributed by atoms with Crippen molar-refractivity contribution < 1.29 is 13.2 Å². The lowest BCUT2D eigenvalue weighted by Crippen LogP contribution is -2.38. The van der Waals surface area contributed by atoms with E-state index in [4.69, 9.17) is 4.74 Å². The van der Waals surface area contributed by atoms with Gasteiger partial charge in [-0.1, -0.05) is 0 Å². The van der Waals surface area contributed by atoms with E-state index in [0.717, 1.165) is 29.8 Å². The molecule has 1 fully saturated rings. The number of ether oxygens (including phenoxy) is 1. The summed E-state index contributed by atoms with van der Waals surface area (Å²) in [6.07, 6.45) is 7.20. The molecule has 0 unspecified atom stereocenters. The van der Waals surface area contributed by atoms with Crippen LogP contribution in [0.15, 0.2) is 42.2 Å². The Balaban J connectivity index is 1.85. The monoisotopic (exact) mass is 335 g/mol. The Hall–Kier alpha value is -2.15. The number of benzene rings is 1. The number of nitrogens with one attached hydrogen (secondary N) is 2. The van der Waals surface area contributed by atoms with Crippen LogP contribution in [0.5, 0.6) is 5.75 Å². The molecule has 1 heterocycles. The van der Waals surface area contributed by atoms with Gasteiger partial charge in [0.1, 0.15) is 5.75 Å². The standard InChI is InChI=1S/C16H21N3O3S/c1-22-15-7-5-13(6-8-15)16-9-14(18-23(2,20)21)11-19(17-16)10-12-3-4-12/h5-9,11-12,17-18H,3-4,10H2,1-2H3. The number of rotatable bonds is 6. The quantitative estimate of drug-likeness (QED) is 0.827. The van der Waals surface area contributed by atoms with Crippen LogP contribution in [0.3, 0.4) is 0 Å². The molecule has 0 aromatic heterocycles. The van der Waals surface area contributed by atoms with Gasteiger partial charge in [-0.25, -0.2) is 8.42 Å². The Labute approximate surface area is 136 Å². The lowest BCUT2D eigenvalue weighted by atomic mass is 10.1. The van der Waals surface area contributed by atoms with Crippen molar-refractivity contribution in [3.8, 4) is 5.75 Å². The van der Waals surface area contributed by atoms with Crippen molar-refractivity contribution in [2.45, 2.75) is 12.8 Å². The largest absolute Gasteiger partial charge is 0.497 e. The van der Waals surface area contributed by atoms with Crippen LogP contribution in [-0.4, -0.2) is 33.3 Å². The van der Waals surface area contributed by atoms with E-state index in [1.165, 1.54) is 12.8 Å². The lowest BCUT2D eigenvalue weighted by molar-refractivity contribution is 0.304. The zero-order chi connectivity index (χ0) is 16.4. The minimum Gasteiger partial charge on any atom is -0.497 e. The van der Waals surface area contributed by atoms with Gasteiger partial charge in [0.15, 0.2) is 0 Å². The van der Waals surface area contributed by atoms with E-state index in [0.29, 0.717) is 11.6 Å². The highest BCUT2D eigenvalue weighted by molar-refractivity contribution is 7.88. The molecule has 1 aromatic carbocycles. The van der Waals surface area contributed by atoms with Crippen LogP contribution in [0, 0.1) is 5.92 Å². The predicted molar refractivity (Wildman–Crippen MR) is 89.6 cm³/mol. The van der Waals surface area contributed by atoms with E-state index in [1.54, 1.807) is 19.4 Å². The van der Waals surface area contributed by atoms with Gasteiger partial charge in [-0.15, -0.1) is 0 Å². The molecular formula is C16H21N3O3S. The van der Waals surface area contributed by atoms with Crippen LogP contribution in [0.1, 0.15) is 18.4 Å². The van der Waals surface area contributed by atoms with Crippen molar-refractivity contribution in [1.29, 1.82) is 0 Å². The molecule has 2 N–H and O–H groups in total. The molecule has 0 radical (unpaired) electrons. The van der Waals surface area contributed by atoms with E-state index < -0.39 is 10.0 Å². The number of hydrazine groups is 1. The van der Waals surface area contributed by atoms with Crippen molar-refractivity contribution >= 4 is 15.7 Å². The fourth-order valence-electron chi connectivity index (χ4n) is 2.45. The zero-order valence-corrected chi connectivity index (χ0v) is 14.1. The fraction of sp³-hybridized carbons (Fsp3) is 0.375. The molecule has 0 bridgehead atoms. The van der Waals surface area contributed by atoms with Gasteiger partial charge in [-0.3, -0.25) is 15.2 Å². The molecule has 0 spiro atoms. The summed E-state index contributed by atoms with van der Waals surface area (Å²) in [5.74, 6) is 1.46. The first-order valence-electron chi connectivity index (χ1n) is 7.52. The molecule has 0 saturated heterocycles. The van der Waals surface area contributed by atoms with Crippen molar-refractivity contribution in [2.24, 2.45) is 5.92 Å². The summed E-state index contributed by atoms with van der Waals surface area (Å²) in [4.78, 5) is 0. The van der Waals surface area contributed by atoms with Gasteiger partial charge in [-0.05, 0) is 54.7 Å². The summed E-state index contributed by atoms with van der Waals surface area (Å²) in [6, 6.07) is 7.64. The molecule has 23 heavy (non-hydrogen) atoms. The van der Waals surface area contributed by atoms with E-state index in [-0.39, 0.29) is 0 Å². The SMILES string of the molecule is COc1ccc(C2=CC(NS(C)(=O)=O)=CN(CC3CC3)N2)cc1.